The normalized spacial score (nSPS) is 13.8. The van der Waals surface area contributed by atoms with Gasteiger partial charge in [0.1, 0.15) is 12.0 Å². The fourth-order valence-corrected chi connectivity index (χ4v) is 2.34. The van der Waals surface area contributed by atoms with E-state index in [1.54, 1.807) is 24.3 Å². The summed E-state index contributed by atoms with van der Waals surface area (Å²) in [5.74, 6) is 0.565. The second-order valence-electron chi connectivity index (χ2n) is 5.96. The molecule has 2 unspecified atom stereocenters. The minimum Gasteiger partial charge on any atom is -0.483 e. The molecule has 128 valence electrons. The highest BCUT2D eigenvalue weighted by atomic mass is 16.6. The van der Waals surface area contributed by atoms with Gasteiger partial charge in [-0.1, -0.05) is 36.4 Å². The molecular formula is C19H23NO4. The van der Waals surface area contributed by atoms with Crippen LogP contribution in [-0.4, -0.2) is 53.9 Å². The maximum Gasteiger partial charge on any atom is 0.191 e. The number of aliphatic hydroxyl groups excluding tert-OH is 1. The minimum absolute atomic E-state index is 0.166. The average Bonchev–Trinajstić information content (AvgIpc) is 2.59. The number of ether oxygens (including phenoxy) is 1. The Hall–Kier alpha value is -2.21. The van der Waals surface area contributed by atoms with Crippen LogP contribution < -0.4 is 4.74 Å². The first-order valence-corrected chi connectivity index (χ1v) is 7.77. The SMILES string of the molecule is CC(C(Oc1ccc(-c2ccc(C=O)cc2)cc1)C(O)O)N(C)C. The number of carbonyl (C=O) groups is 1. The molecule has 2 rings (SSSR count). The molecule has 5 nitrogen and oxygen atoms in total. The molecule has 5 heteroatoms. The van der Waals surface area contributed by atoms with E-state index in [0.29, 0.717) is 11.3 Å². The van der Waals surface area contributed by atoms with Gasteiger partial charge in [0.05, 0.1) is 0 Å². The summed E-state index contributed by atoms with van der Waals surface area (Å²) < 4.78 is 5.74. The summed E-state index contributed by atoms with van der Waals surface area (Å²) in [7, 11) is 3.71. The number of aldehydes is 1. The van der Waals surface area contributed by atoms with Gasteiger partial charge in [0.2, 0.25) is 0 Å². The quantitative estimate of drug-likeness (QED) is 0.602. The molecule has 0 radical (unpaired) electrons. The van der Waals surface area contributed by atoms with Crippen LogP contribution in [0.2, 0.25) is 0 Å². The zero-order valence-corrected chi connectivity index (χ0v) is 14.1. The summed E-state index contributed by atoms with van der Waals surface area (Å²) in [6.45, 7) is 1.87. The zero-order chi connectivity index (χ0) is 17.7. The standard InChI is InChI=1S/C19H23NO4/c1-13(20(2)3)18(19(22)23)24-17-10-8-16(9-11-17)15-6-4-14(12-21)5-7-15/h4-13,18-19,22-23H,1-3H3. The van der Waals surface area contributed by atoms with Crippen molar-refractivity contribution in [2.24, 2.45) is 0 Å². The molecule has 0 bridgehead atoms. The van der Waals surface area contributed by atoms with Crippen LogP contribution in [0.25, 0.3) is 11.1 Å². The molecule has 0 fully saturated rings. The first kappa shape index (κ1) is 18.1. The van der Waals surface area contributed by atoms with Crippen LogP contribution in [0, 0.1) is 0 Å². The molecule has 0 aliphatic heterocycles. The Morgan fingerprint density at radius 2 is 1.46 bits per heavy atom. The van der Waals surface area contributed by atoms with Crippen molar-refractivity contribution in [1.29, 1.82) is 0 Å². The fraction of sp³-hybridized carbons (Fsp3) is 0.316. The van der Waals surface area contributed by atoms with E-state index in [4.69, 9.17) is 4.74 Å². The molecule has 2 aromatic carbocycles. The lowest BCUT2D eigenvalue weighted by Gasteiger charge is -2.30. The highest BCUT2D eigenvalue weighted by Crippen LogP contribution is 2.24. The van der Waals surface area contributed by atoms with E-state index < -0.39 is 12.4 Å². The van der Waals surface area contributed by atoms with E-state index in [1.165, 1.54) is 0 Å². The molecular weight excluding hydrogens is 306 g/mol. The van der Waals surface area contributed by atoms with E-state index in [1.807, 2.05) is 50.2 Å². The third-order valence-corrected chi connectivity index (χ3v) is 4.09. The van der Waals surface area contributed by atoms with Crippen molar-refractivity contribution in [3.63, 3.8) is 0 Å². The van der Waals surface area contributed by atoms with Gasteiger partial charge in [-0.2, -0.15) is 0 Å². The van der Waals surface area contributed by atoms with Crippen LogP contribution in [0.5, 0.6) is 5.75 Å². The third kappa shape index (κ3) is 4.41. The summed E-state index contributed by atoms with van der Waals surface area (Å²) in [6.07, 6.45) is -1.51. The molecule has 0 spiro atoms. The van der Waals surface area contributed by atoms with Crippen LogP contribution in [0.3, 0.4) is 0 Å². The zero-order valence-electron chi connectivity index (χ0n) is 14.1. The van der Waals surface area contributed by atoms with Crippen LogP contribution in [-0.2, 0) is 0 Å². The monoisotopic (exact) mass is 329 g/mol. The van der Waals surface area contributed by atoms with Gasteiger partial charge in [-0.3, -0.25) is 4.79 Å². The Morgan fingerprint density at radius 3 is 1.88 bits per heavy atom. The van der Waals surface area contributed by atoms with E-state index in [2.05, 4.69) is 0 Å². The molecule has 0 aromatic heterocycles. The summed E-state index contributed by atoms with van der Waals surface area (Å²) in [5, 5.41) is 19.1. The lowest BCUT2D eigenvalue weighted by Crippen LogP contribution is -2.47. The lowest BCUT2D eigenvalue weighted by molar-refractivity contribution is -0.130. The Bertz CT molecular complexity index is 650. The van der Waals surface area contributed by atoms with Crippen LogP contribution in [0.1, 0.15) is 17.3 Å². The summed E-state index contributed by atoms with van der Waals surface area (Å²) in [5.41, 5.74) is 2.62. The number of carbonyl (C=O) groups excluding carboxylic acids is 1. The molecule has 0 amide bonds. The predicted molar refractivity (Wildman–Crippen MR) is 93.1 cm³/mol. The van der Waals surface area contributed by atoms with Crippen LogP contribution >= 0.6 is 0 Å². The summed E-state index contributed by atoms with van der Waals surface area (Å²) in [6, 6.07) is 14.5. The van der Waals surface area contributed by atoms with Crippen molar-refractivity contribution in [1.82, 2.24) is 4.90 Å². The van der Waals surface area contributed by atoms with E-state index in [9.17, 15) is 15.0 Å². The van der Waals surface area contributed by atoms with Gasteiger partial charge in [-0.15, -0.1) is 0 Å². The maximum absolute atomic E-state index is 10.7. The second-order valence-corrected chi connectivity index (χ2v) is 5.96. The Balaban J connectivity index is 2.14. The third-order valence-electron chi connectivity index (χ3n) is 4.09. The van der Waals surface area contributed by atoms with Crippen LogP contribution in [0.15, 0.2) is 48.5 Å². The first-order valence-electron chi connectivity index (χ1n) is 7.77. The second kappa shape index (κ2) is 8.06. The highest BCUT2D eigenvalue weighted by Gasteiger charge is 2.27. The van der Waals surface area contributed by atoms with Crippen molar-refractivity contribution in [2.45, 2.75) is 25.4 Å². The molecule has 2 atom stereocenters. The van der Waals surface area contributed by atoms with Gasteiger partial charge in [0, 0.05) is 11.6 Å². The molecule has 0 saturated heterocycles. The molecule has 2 aromatic rings. The van der Waals surface area contributed by atoms with Crippen LogP contribution in [0.4, 0.5) is 0 Å². The van der Waals surface area contributed by atoms with Gasteiger partial charge in [0.15, 0.2) is 12.4 Å². The molecule has 2 N–H and O–H groups in total. The van der Waals surface area contributed by atoms with Crippen molar-refractivity contribution < 1.29 is 19.7 Å². The summed E-state index contributed by atoms with van der Waals surface area (Å²) in [4.78, 5) is 12.6. The Kier molecular flexibility index (Phi) is 6.09. The number of nitrogens with zero attached hydrogens (tertiary/aromatic N) is 1. The van der Waals surface area contributed by atoms with E-state index in [-0.39, 0.29) is 6.04 Å². The number of hydrogen-bond donors (Lipinski definition) is 2. The fourth-order valence-electron chi connectivity index (χ4n) is 2.34. The largest absolute Gasteiger partial charge is 0.483 e. The van der Waals surface area contributed by atoms with E-state index in [0.717, 1.165) is 17.4 Å². The number of aliphatic hydroxyl groups is 2. The Morgan fingerprint density at radius 1 is 0.958 bits per heavy atom. The number of benzene rings is 2. The number of likely N-dealkylation sites (N-methyl/N-ethyl adjacent to an activating group) is 1. The molecule has 0 aliphatic carbocycles. The van der Waals surface area contributed by atoms with Gasteiger partial charge in [-0.05, 0) is 44.3 Å². The maximum atomic E-state index is 10.7. The highest BCUT2D eigenvalue weighted by molar-refractivity contribution is 5.76. The summed E-state index contributed by atoms with van der Waals surface area (Å²) >= 11 is 0. The van der Waals surface area contributed by atoms with Gasteiger partial charge in [0.25, 0.3) is 0 Å². The molecule has 24 heavy (non-hydrogen) atoms. The smallest absolute Gasteiger partial charge is 0.191 e. The minimum atomic E-state index is -1.57. The topological polar surface area (TPSA) is 70.0 Å². The first-order chi connectivity index (χ1) is 11.4. The van der Waals surface area contributed by atoms with E-state index >= 15 is 0 Å². The van der Waals surface area contributed by atoms with Gasteiger partial charge < -0.3 is 19.8 Å². The van der Waals surface area contributed by atoms with Crippen molar-refractivity contribution in [2.75, 3.05) is 14.1 Å². The molecule has 0 heterocycles. The van der Waals surface area contributed by atoms with Crippen molar-refractivity contribution >= 4 is 6.29 Å². The average molecular weight is 329 g/mol. The Labute approximate surface area is 142 Å². The van der Waals surface area contributed by atoms with Crippen molar-refractivity contribution in [3.05, 3.63) is 54.1 Å². The van der Waals surface area contributed by atoms with Gasteiger partial charge in [-0.25, -0.2) is 0 Å². The number of hydrogen-bond acceptors (Lipinski definition) is 5. The molecule has 0 aliphatic rings. The number of rotatable bonds is 7. The van der Waals surface area contributed by atoms with Crippen molar-refractivity contribution in [3.8, 4) is 16.9 Å². The predicted octanol–water partition coefficient (Wildman–Crippen LogP) is 2.17. The lowest BCUT2D eigenvalue weighted by atomic mass is 10.0. The van der Waals surface area contributed by atoms with Gasteiger partial charge >= 0.3 is 0 Å². The molecule has 0 saturated carbocycles.